The number of nitrogens with two attached hydrogens (primary N) is 1. The fraction of sp³-hybridized carbons (Fsp3) is 0.500. The van der Waals surface area contributed by atoms with Crippen molar-refractivity contribution >= 4 is 0 Å². The molecule has 0 bridgehead atoms. The SMILES string of the molecule is C=C(C)COc1ccc(C2(N)CCCCC2)cc1. The van der Waals surface area contributed by atoms with Crippen LogP contribution in [0.4, 0.5) is 0 Å². The maximum atomic E-state index is 6.50. The van der Waals surface area contributed by atoms with E-state index in [4.69, 9.17) is 10.5 Å². The van der Waals surface area contributed by atoms with E-state index in [1.807, 2.05) is 19.1 Å². The molecule has 98 valence electrons. The molecule has 0 aliphatic heterocycles. The summed E-state index contributed by atoms with van der Waals surface area (Å²) in [7, 11) is 0. The van der Waals surface area contributed by atoms with Gasteiger partial charge in [0.1, 0.15) is 12.4 Å². The van der Waals surface area contributed by atoms with Crippen molar-refractivity contribution < 1.29 is 4.74 Å². The maximum absolute atomic E-state index is 6.50. The van der Waals surface area contributed by atoms with Gasteiger partial charge in [0.15, 0.2) is 0 Å². The van der Waals surface area contributed by atoms with E-state index < -0.39 is 0 Å². The molecular formula is C16H23NO. The lowest BCUT2D eigenvalue weighted by atomic mass is 9.77. The van der Waals surface area contributed by atoms with Gasteiger partial charge < -0.3 is 10.5 Å². The molecule has 1 aliphatic carbocycles. The van der Waals surface area contributed by atoms with Crippen molar-refractivity contribution in [3.8, 4) is 5.75 Å². The van der Waals surface area contributed by atoms with Gasteiger partial charge in [-0.05, 0) is 43.0 Å². The van der Waals surface area contributed by atoms with Gasteiger partial charge in [-0.3, -0.25) is 0 Å². The summed E-state index contributed by atoms with van der Waals surface area (Å²) in [6.45, 7) is 6.37. The Hall–Kier alpha value is -1.28. The predicted molar refractivity (Wildman–Crippen MR) is 75.7 cm³/mol. The summed E-state index contributed by atoms with van der Waals surface area (Å²) in [5, 5.41) is 0. The van der Waals surface area contributed by atoms with Crippen molar-refractivity contribution in [3.63, 3.8) is 0 Å². The normalized spacial score (nSPS) is 18.3. The van der Waals surface area contributed by atoms with Gasteiger partial charge in [0, 0.05) is 5.54 Å². The maximum Gasteiger partial charge on any atom is 0.119 e. The summed E-state index contributed by atoms with van der Waals surface area (Å²) in [6.07, 6.45) is 5.99. The van der Waals surface area contributed by atoms with Gasteiger partial charge in [0.2, 0.25) is 0 Å². The zero-order chi connectivity index (χ0) is 13.0. The molecular weight excluding hydrogens is 222 g/mol. The number of hydrogen-bond acceptors (Lipinski definition) is 2. The lowest BCUT2D eigenvalue weighted by molar-refractivity contribution is 0.301. The number of hydrogen-bond donors (Lipinski definition) is 1. The van der Waals surface area contributed by atoms with Crippen molar-refractivity contribution in [1.82, 2.24) is 0 Å². The Morgan fingerprint density at radius 1 is 1.22 bits per heavy atom. The minimum Gasteiger partial charge on any atom is -0.489 e. The van der Waals surface area contributed by atoms with Crippen LogP contribution in [0, 0.1) is 0 Å². The Balaban J connectivity index is 2.04. The van der Waals surface area contributed by atoms with E-state index in [9.17, 15) is 0 Å². The summed E-state index contributed by atoms with van der Waals surface area (Å²) < 4.78 is 5.60. The summed E-state index contributed by atoms with van der Waals surface area (Å²) in [5.41, 5.74) is 8.65. The van der Waals surface area contributed by atoms with E-state index in [0.29, 0.717) is 6.61 Å². The van der Waals surface area contributed by atoms with Crippen molar-refractivity contribution in [2.75, 3.05) is 6.61 Å². The second kappa shape index (κ2) is 5.57. The van der Waals surface area contributed by atoms with Crippen LogP contribution >= 0.6 is 0 Å². The topological polar surface area (TPSA) is 35.2 Å². The van der Waals surface area contributed by atoms with E-state index in [1.165, 1.54) is 24.8 Å². The molecule has 0 spiro atoms. The zero-order valence-corrected chi connectivity index (χ0v) is 11.2. The van der Waals surface area contributed by atoms with Crippen LogP contribution in [-0.4, -0.2) is 6.61 Å². The fourth-order valence-corrected chi connectivity index (χ4v) is 2.56. The van der Waals surface area contributed by atoms with Crippen molar-refractivity contribution in [3.05, 3.63) is 42.0 Å². The second-order valence-electron chi connectivity index (χ2n) is 5.49. The Morgan fingerprint density at radius 3 is 2.39 bits per heavy atom. The minimum atomic E-state index is -0.120. The van der Waals surface area contributed by atoms with Gasteiger partial charge in [-0.15, -0.1) is 0 Å². The van der Waals surface area contributed by atoms with E-state index in [2.05, 4.69) is 18.7 Å². The van der Waals surface area contributed by atoms with Crippen LogP contribution in [0.2, 0.25) is 0 Å². The summed E-state index contributed by atoms with van der Waals surface area (Å²) in [4.78, 5) is 0. The summed E-state index contributed by atoms with van der Waals surface area (Å²) >= 11 is 0. The largest absolute Gasteiger partial charge is 0.489 e. The lowest BCUT2D eigenvalue weighted by Crippen LogP contribution is -2.38. The van der Waals surface area contributed by atoms with Crippen LogP contribution < -0.4 is 10.5 Å². The molecule has 0 aromatic heterocycles. The molecule has 2 nitrogen and oxygen atoms in total. The monoisotopic (exact) mass is 245 g/mol. The highest BCUT2D eigenvalue weighted by atomic mass is 16.5. The molecule has 0 amide bonds. The Labute approximate surface area is 110 Å². The Morgan fingerprint density at radius 2 is 1.83 bits per heavy atom. The molecule has 1 aliphatic rings. The van der Waals surface area contributed by atoms with Crippen LogP contribution in [0.25, 0.3) is 0 Å². The molecule has 18 heavy (non-hydrogen) atoms. The van der Waals surface area contributed by atoms with E-state index in [1.54, 1.807) is 0 Å². The first kappa shape index (κ1) is 13.2. The van der Waals surface area contributed by atoms with E-state index in [0.717, 1.165) is 24.2 Å². The second-order valence-corrected chi connectivity index (χ2v) is 5.49. The highest BCUT2D eigenvalue weighted by Crippen LogP contribution is 2.35. The Kier molecular flexibility index (Phi) is 4.07. The molecule has 0 atom stereocenters. The predicted octanol–water partition coefficient (Wildman–Crippen LogP) is 3.76. The quantitative estimate of drug-likeness (QED) is 0.820. The molecule has 0 heterocycles. The summed E-state index contributed by atoms with van der Waals surface area (Å²) in [6, 6.07) is 8.25. The van der Waals surface area contributed by atoms with Gasteiger partial charge in [0.25, 0.3) is 0 Å². The van der Waals surface area contributed by atoms with Crippen LogP contribution in [0.15, 0.2) is 36.4 Å². The third-order valence-corrected chi connectivity index (χ3v) is 3.66. The van der Waals surface area contributed by atoms with Gasteiger partial charge in [-0.25, -0.2) is 0 Å². The highest BCUT2D eigenvalue weighted by Gasteiger charge is 2.29. The molecule has 1 aromatic rings. The average molecular weight is 245 g/mol. The third-order valence-electron chi connectivity index (χ3n) is 3.66. The van der Waals surface area contributed by atoms with Crippen LogP contribution in [0.1, 0.15) is 44.6 Å². The average Bonchev–Trinajstić information content (AvgIpc) is 2.38. The first-order valence-corrected chi connectivity index (χ1v) is 6.77. The Bertz CT molecular complexity index is 402. The third kappa shape index (κ3) is 3.14. The number of ether oxygens (including phenoxy) is 1. The molecule has 1 aromatic carbocycles. The summed E-state index contributed by atoms with van der Waals surface area (Å²) in [5.74, 6) is 0.890. The highest BCUT2D eigenvalue weighted by molar-refractivity contribution is 5.32. The molecule has 2 N–H and O–H groups in total. The molecule has 0 unspecified atom stereocenters. The number of rotatable bonds is 4. The van der Waals surface area contributed by atoms with Crippen molar-refractivity contribution in [2.24, 2.45) is 5.73 Å². The van der Waals surface area contributed by atoms with Gasteiger partial charge >= 0.3 is 0 Å². The van der Waals surface area contributed by atoms with Crippen LogP contribution in [0.5, 0.6) is 5.75 Å². The van der Waals surface area contributed by atoms with Crippen molar-refractivity contribution in [1.29, 1.82) is 0 Å². The minimum absolute atomic E-state index is 0.120. The molecule has 1 fully saturated rings. The van der Waals surface area contributed by atoms with Crippen LogP contribution in [0.3, 0.4) is 0 Å². The van der Waals surface area contributed by atoms with Crippen LogP contribution in [-0.2, 0) is 5.54 Å². The molecule has 0 saturated heterocycles. The van der Waals surface area contributed by atoms with Gasteiger partial charge in [0.05, 0.1) is 0 Å². The molecule has 1 saturated carbocycles. The zero-order valence-electron chi connectivity index (χ0n) is 11.2. The first-order valence-electron chi connectivity index (χ1n) is 6.77. The fourth-order valence-electron chi connectivity index (χ4n) is 2.56. The van der Waals surface area contributed by atoms with Gasteiger partial charge in [-0.1, -0.05) is 38.0 Å². The first-order chi connectivity index (χ1) is 8.60. The van der Waals surface area contributed by atoms with Gasteiger partial charge in [-0.2, -0.15) is 0 Å². The van der Waals surface area contributed by atoms with E-state index >= 15 is 0 Å². The lowest BCUT2D eigenvalue weighted by Gasteiger charge is -2.34. The number of benzene rings is 1. The van der Waals surface area contributed by atoms with Crippen molar-refractivity contribution in [2.45, 2.75) is 44.6 Å². The smallest absolute Gasteiger partial charge is 0.119 e. The molecule has 2 rings (SSSR count). The van der Waals surface area contributed by atoms with E-state index in [-0.39, 0.29) is 5.54 Å². The standard InChI is InChI=1S/C16H23NO/c1-13(2)12-18-15-8-6-14(7-9-15)16(17)10-4-3-5-11-16/h6-9H,1,3-5,10-12,17H2,2H3. The molecule has 2 heteroatoms. The molecule has 0 radical (unpaired) electrons.